The van der Waals surface area contributed by atoms with Crippen LogP contribution in [0.1, 0.15) is 29.2 Å². The van der Waals surface area contributed by atoms with Gasteiger partial charge in [-0.1, -0.05) is 41.7 Å². The molecule has 2 fully saturated rings. The molecule has 2 aliphatic rings. The van der Waals surface area contributed by atoms with Crippen LogP contribution in [-0.2, 0) is 4.79 Å². The number of carbonyl (C=O) groups excluding carboxylic acids is 1. The molecule has 1 saturated carbocycles. The first-order valence-electron chi connectivity index (χ1n) is 12.6. The minimum Gasteiger partial charge on any atom is -0.477 e. The van der Waals surface area contributed by atoms with E-state index in [1.54, 1.807) is 10.6 Å². The molecule has 0 bridgehead atoms. The van der Waals surface area contributed by atoms with E-state index in [1.807, 2.05) is 40.1 Å². The maximum Gasteiger partial charge on any atom is 0.341 e. The Morgan fingerprint density at radius 3 is 2.51 bits per heavy atom. The first kappa shape index (κ1) is 25.1. The van der Waals surface area contributed by atoms with Crippen LogP contribution in [0.25, 0.3) is 21.5 Å². The zero-order chi connectivity index (χ0) is 27.1. The van der Waals surface area contributed by atoms with Crippen molar-refractivity contribution < 1.29 is 19.1 Å². The molecule has 2 aromatic carbocycles. The topological polar surface area (TPSA) is 121 Å². The van der Waals surface area contributed by atoms with Crippen LogP contribution in [0, 0.1) is 5.82 Å². The molecule has 12 heteroatoms. The summed E-state index contributed by atoms with van der Waals surface area (Å²) in [4.78, 5) is 40.8. The number of aromatic carboxylic acids is 1. The van der Waals surface area contributed by atoms with Gasteiger partial charge in [-0.05, 0) is 25.0 Å². The van der Waals surface area contributed by atoms with Crippen LogP contribution in [-0.4, -0.2) is 69.4 Å². The smallest absolute Gasteiger partial charge is 0.341 e. The number of amides is 1. The van der Waals surface area contributed by atoms with Gasteiger partial charge in [0.15, 0.2) is 0 Å². The van der Waals surface area contributed by atoms with Crippen molar-refractivity contribution in [3.05, 3.63) is 70.3 Å². The molecule has 200 valence electrons. The molecular formula is C27H25FN6O4S. The van der Waals surface area contributed by atoms with Gasteiger partial charge in [-0.15, -0.1) is 10.2 Å². The number of halogens is 1. The van der Waals surface area contributed by atoms with Crippen LogP contribution >= 0.6 is 11.3 Å². The minimum atomic E-state index is -1.32. The number of anilines is 2. The number of carbonyl (C=O) groups is 2. The highest BCUT2D eigenvalue weighted by Gasteiger charge is 2.29. The van der Waals surface area contributed by atoms with Crippen molar-refractivity contribution in [2.45, 2.75) is 18.9 Å². The summed E-state index contributed by atoms with van der Waals surface area (Å²) in [7, 11) is 0. The van der Waals surface area contributed by atoms with E-state index in [9.17, 15) is 19.5 Å². The number of fused-ring (bicyclic) bond motifs is 1. The predicted octanol–water partition coefficient (Wildman–Crippen LogP) is 3.45. The zero-order valence-corrected chi connectivity index (χ0v) is 21.7. The highest BCUT2D eigenvalue weighted by Crippen LogP contribution is 2.38. The summed E-state index contributed by atoms with van der Waals surface area (Å²) >= 11 is 1.31. The number of hydrogen-bond acceptors (Lipinski definition) is 8. The Morgan fingerprint density at radius 1 is 1.08 bits per heavy atom. The Hall–Kier alpha value is -4.16. The number of hydrogen-bond donors (Lipinski definition) is 2. The molecule has 1 amide bonds. The number of rotatable bonds is 7. The minimum absolute atomic E-state index is 0.0745. The van der Waals surface area contributed by atoms with E-state index in [-0.39, 0.29) is 29.4 Å². The lowest BCUT2D eigenvalue weighted by molar-refractivity contribution is -0.117. The first-order valence-corrected chi connectivity index (χ1v) is 13.5. The molecule has 6 rings (SSSR count). The maximum atomic E-state index is 15.2. The number of piperazine rings is 1. The number of carboxylic acid groups (broad SMARTS) is 1. The highest BCUT2D eigenvalue weighted by atomic mass is 32.1. The normalized spacial score (nSPS) is 16.0. The zero-order valence-electron chi connectivity index (χ0n) is 20.8. The molecule has 2 aromatic heterocycles. The third-order valence-electron chi connectivity index (χ3n) is 7.04. The lowest BCUT2D eigenvalue weighted by Gasteiger charge is -2.36. The van der Waals surface area contributed by atoms with E-state index in [4.69, 9.17) is 0 Å². The molecule has 2 N–H and O–H groups in total. The van der Waals surface area contributed by atoms with Crippen LogP contribution in [0.4, 0.5) is 15.2 Å². The van der Waals surface area contributed by atoms with Crippen LogP contribution in [0.2, 0.25) is 0 Å². The summed E-state index contributed by atoms with van der Waals surface area (Å²) in [5.74, 6) is -2.08. The van der Waals surface area contributed by atoms with E-state index in [0.29, 0.717) is 42.5 Å². The Bertz CT molecular complexity index is 1630. The SMILES string of the molecule is O=C(CN1CCN(c2cc3c(cc2F)c(=O)c(C(=O)O)cn3C2CC2)CC1)Nc1nnc(-c2ccccc2)s1. The van der Waals surface area contributed by atoms with E-state index in [1.165, 1.54) is 17.5 Å². The van der Waals surface area contributed by atoms with Crippen molar-refractivity contribution in [2.75, 3.05) is 42.9 Å². The van der Waals surface area contributed by atoms with Gasteiger partial charge in [0.25, 0.3) is 0 Å². The van der Waals surface area contributed by atoms with E-state index in [0.717, 1.165) is 29.5 Å². The van der Waals surface area contributed by atoms with E-state index < -0.39 is 17.2 Å². The first-order chi connectivity index (χ1) is 18.9. The Labute approximate surface area is 226 Å². The predicted molar refractivity (Wildman–Crippen MR) is 146 cm³/mol. The van der Waals surface area contributed by atoms with E-state index >= 15 is 4.39 Å². The van der Waals surface area contributed by atoms with Gasteiger partial charge < -0.3 is 14.6 Å². The fraction of sp³-hybridized carbons (Fsp3) is 0.296. The summed E-state index contributed by atoms with van der Waals surface area (Å²) in [5, 5.41) is 21.7. The van der Waals surface area contributed by atoms with Gasteiger partial charge in [0, 0.05) is 49.4 Å². The van der Waals surface area contributed by atoms with Crippen molar-refractivity contribution >= 4 is 44.9 Å². The lowest BCUT2D eigenvalue weighted by atomic mass is 10.1. The summed E-state index contributed by atoms with van der Waals surface area (Å²) in [6.45, 7) is 2.25. The molecule has 0 unspecified atom stereocenters. The number of carboxylic acids is 1. The highest BCUT2D eigenvalue weighted by molar-refractivity contribution is 7.18. The average molecular weight is 549 g/mol. The molecule has 39 heavy (non-hydrogen) atoms. The second kappa shape index (κ2) is 10.2. The van der Waals surface area contributed by atoms with E-state index in [2.05, 4.69) is 15.5 Å². The second-order valence-electron chi connectivity index (χ2n) is 9.73. The standard InChI is InChI=1S/C27H25FN6O4S/c28-20-12-18-21(34(17-6-7-17)14-19(24(18)36)26(37)38)13-22(20)33-10-8-32(9-11-33)15-23(35)29-27-31-30-25(39-27)16-4-2-1-3-5-16/h1-5,12-14,17H,6-11,15H2,(H,37,38)(H,29,31,35). The monoisotopic (exact) mass is 548 g/mol. The van der Waals surface area contributed by atoms with Crippen LogP contribution in [0.3, 0.4) is 0 Å². The number of benzene rings is 2. The lowest BCUT2D eigenvalue weighted by Crippen LogP contribution is -2.49. The Kier molecular flexibility index (Phi) is 6.57. The average Bonchev–Trinajstić information content (AvgIpc) is 3.67. The molecule has 3 heterocycles. The Balaban J connectivity index is 1.12. The molecule has 10 nitrogen and oxygen atoms in total. The second-order valence-corrected chi connectivity index (χ2v) is 10.7. The number of nitrogens with zero attached hydrogens (tertiary/aromatic N) is 5. The summed E-state index contributed by atoms with van der Waals surface area (Å²) in [6.07, 6.45) is 3.15. The van der Waals surface area contributed by atoms with Gasteiger partial charge in [-0.2, -0.15) is 0 Å². The van der Waals surface area contributed by atoms with Crippen molar-refractivity contribution in [1.82, 2.24) is 19.7 Å². The van der Waals surface area contributed by atoms with Crippen LogP contribution in [0.5, 0.6) is 0 Å². The largest absolute Gasteiger partial charge is 0.477 e. The number of nitrogens with one attached hydrogen (secondary N) is 1. The van der Waals surface area contributed by atoms with Crippen LogP contribution in [0.15, 0.2) is 53.5 Å². The van der Waals surface area contributed by atoms with Gasteiger partial charge in [-0.3, -0.25) is 19.8 Å². The van der Waals surface area contributed by atoms with Gasteiger partial charge in [-0.25, -0.2) is 9.18 Å². The fourth-order valence-corrected chi connectivity index (χ4v) is 5.65. The van der Waals surface area contributed by atoms with Crippen molar-refractivity contribution in [2.24, 2.45) is 0 Å². The summed E-state index contributed by atoms with van der Waals surface area (Å²) in [6, 6.07) is 12.5. The van der Waals surface area contributed by atoms with Gasteiger partial charge >= 0.3 is 5.97 Å². The van der Waals surface area contributed by atoms with Gasteiger partial charge in [0.2, 0.25) is 16.5 Å². The summed E-state index contributed by atoms with van der Waals surface area (Å²) in [5.41, 5.74) is 0.813. The van der Waals surface area contributed by atoms with Crippen molar-refractivity contribution in [3.8, 4) is 10.6 Å². The van der Waals surface area contributed by atoms with Crippen molar-refractivity contribution in [1.29, 1.82) is 0 Å². The molecule has 0 atom stereocenters. The van der Waals surface area contributed by atoms with Crippen LogP contribution < -0.4 is 15.6 Å². The molecule has 1 aliphatic carbocycles. The Morgan fingerprint density at radius 2 is 1.82 bits per heavy atom. The number of aromatic nitrogens is 3. The molecule has 0 radical (unpaired) electrons. The van der Waals surface area contributed by atoms with Gasteiger partial charge in [0.05, 0.1) is 17.7 Å². The van der Waals surface area contributed by atoms with Gasteiger partial charge in [0.1, 0.15) is 16.4 Å². The molecule has 0 spiro atoms. The maximum absolute atomic E-state index is 15.2. The third kappa shape index (κ3) is 5.12. The molecule has 1 saturated heterocycles. The molecule has 4 aromatic rings. The summed E-state index contributed by atoms with van der Waals surface area (Å²) < 4.78 is 17.0. The number of pyridine rings is 1. The molecule has 1 aliphatic heterocycles. The third-order valence-corrected chi connectivity index (χ3v) is 7.93. The van der Waals surface area contributed by atoms with Crippen molar-refractivity contribution in [3.63, 3.8) is 0 Å². The quantitative estimate of drug-likeness (QED) is 0.360. The molecular weight excluding hydrogens is 523 g/mol. The fourth-order valence-electron chi connectivity index (χ4n) is 4.89.